The van der Waals surface area contributed by atoms with Crippen LogP contribution in [0.15, 0.2) is 0 Å². The van der Waals surface area contributed by atoms with Crippen LogP contribution in [0.3, 0.4) is 0 Å². The van der Waals surface area contributed by atoms with Crippen LogP contribution in [0.2, 0.25) is 0 Å². The van der Waals surface area contributed by atoms with Gasteiger partial charge in [0.1, 0.15) is 0 Å². The second-order valence-corrected chi connectivity index (χ2v) is 4.26. The summed E-state index contributed by atoms with van der Waals surface area (Å²) in [7, 11) is 0. The molecule has 0 aromatic rings. The monoisotopic (exact) mass is 195 g/mol. The summed E-state index contributed by atoms with van der Waals surface area (Å²) in [5.41, 5.74) is -0.130. The SMILES string of the molecule is CC(C)(C)NCCC(F)(F)CCO. The molecule has 0 atom stereocenters. The van der Waals surface area contributed by atoms with Gasteiger partial charge in [-0.1, -0.05) is 0 Å². The summed E-state index contributed by atoms with van der Waals surface area (Å²) in [6.45, 7) is 5.60. The van der Waals surface area contributed by atoms with Gasteiger partial charge in [0.05, 0.1) is 0 Å². The number of halogens is 2. The number of nitrogens with one attached hydrogen (secondary N) is 1. The third-order valence-corrected chi connectivity index (χ3v) is 1.62. The number of aliphatic hydroxyl groups excluding tert-OH is 1. The summed E-state index contributed by atoms with van der Waals surface area (Å²) < 4.78 is 25.6. The van der Waals surface area contributed by atoms with Crippen LogP contribution < -0.4 is 5.32 Å². The highest BCUT2D eigenvalue weighted by molar-refractivity contribution is 4.73. The second-order valence-electron chi connectivity index (χ2n) is 4.26. The lowest BCUT2D eigenvalue weighted by Crippen LogP contribution is -2.38. The molecule has 0 saturated carbocycles. The molecule has 0 aliphatic carbocycles. The zero-order valence-corrected chi connectivity index (χ0v) is 8.53. The van der Waals surface area contributed by atoms with Gasteiger partial charge in [0.2, 0.25) is 0 Å². The summed E-state index contributed by atoms with van der Waals surface area (Å²) >= 11 is 0. The standard InChI is InChI=1S/C9H19F2NO/c1-8(2,3)12-6-4-9(10,11)5-7-13/h12-13H,4-7H2,1-3H3. The van der Waals surface area contributed by atoms with Crippen LogP contribution in [0.4, 0.5) is 8.78 Å². The second kappa shape index (κ2) is 4.86. The van der Waals surface area contributed by atoms with Crippen molar-refractivity contribution >= 4 is 0 Å². The van der Waals surface area contributed by atoms with E-state index in [0.717, 1.165) is 0 Å². The maximum absolute atomic E-state index is 12.8. The van der Waals surface area contributed by atoms with Gasteiger partial charge in [-0.25, -0.2) is 8.78 Å². The third kappa shape index (κ3) is 8.12. The summed E-state index contributed by atoms with van der Waals surface area (Å²) in [6, 6.07) is 0. The van der Waals surface area contributed by atoms with Crippen LogP contribution in [-0.4, -0.2) is 29.7 Å². The molecule has 0 bridgehead atoms. The van der Waals surface area contributed by atoms with Crippen molar-refractivity contribution in [3.8, 4) is 0 Å². The van der Waals surface area contributed by atoms with E-state index >= 15 is 0 Å². The predicted octanol–water partition coefficient (Wildman–Crippen LogP) is 1.78. The first-order valence-electron chi connectivity index (χ1n) is 4.50. The Morgan fingerprint density at radius 2 is 1.69 bits per heavy atom. The summed E-state index contributed by atoms with van der Waals surface area (Å²) in [5.74, 6) is -2.74. The Bertz CT molecular complexity index is 143. The van der Waals surface area contributed by atoms with Gasteiger partial charge in [0.15, 0.2) is 0 Å². The number of rotatable bonds is 5. The van der Waals surface area contributed by atoms with E-state index in [1.54, 1.807) is 0 Å². The molecular formula is C9H19F2NO. The largest absolute Gasteiger partial charge is 0.396 e. The summed E-state index contributed by atoms with van der Waals surface area (Å²) in [4.78, 5) is 0. The third-order valence-electron chi connectivity index (χ3n) is 1.62. The zero-order valence-electron chi connectivity index (χ0n) is 8.53. The Morgan fingerprint density at radius 1 is 1.15 bits per heavy atom. The maximum Gasteiger partial charge on any atom is 0.251 e. The first-order chi connectivity index (χ1) is 5.77. The molecule has 0 amide bonds. The van der Waals surface area contributed by atoms with Crippen molar-refractivity contribution < 1.29 is 13.9 Å². The molecule has 0 aliphatic heterocycles. The highest BCUT2D eigenvalue weighted by Gasteiger charge is 2.27. The highest BCUT2D eigenvalue weighted by atomic mass is 19.3. The van der Waals surface area contributed by atoms with Crippen LogP contribution in [0.25, 0.3) is 0 Å². The lowest BCUT2D eigenvalue weighted by molar-refractivity contribution is -0.0291. The van der Waals surface area contributed by atoms with Gasteiger partial charge in [-0.2, -0.15) is 0 Å². The van der Waals surface area contributed by atoms with E-state index in [2.05, 4.69) is 5.32 Å². The van der Waals surface area contributed by atoms with Crippen molar-refractivity contribution in [3.63, 3.8) is 0 Å². The molecule has 2 nitrogen and oxygen atoms in total. The lowest BCUT2D eigenvalue weighted by Gasteiger charge is -2.22. The molecule has 13 heavy (non-hydrogen) atoms. The number of hydrogen-bond acceptors (Lipinski definition) is 2. The Hall–Kier alpha value is -0.220. The molecule has 0 rings (SSSR count). The molecule has 0 heterocycles. The Kier molecular flexibility index (Phi) is 4.78. The van der Waals surface area contributed by atoms with Crippen molar-refractivity contribution in [2.24, 2.45) is 0 Å². The zero-order chi connectivity index (χ0) is 10.5. The van der Waals surface area contributed by atoms with E-state index in [1.807, 2.05) is 20.8 Å². The van der Waals surface area contributed by atoms with E-state index in [9.17, 15) is 8.78 Å². The molecule has 2 N–H and O–H groups in total. The fourth-order valence-corrected chi connectivity index (χ4v) is 0.909. The van der Waals surface area contributed by atoms with E-state index in [4.69, 9.17) is 5.11 Å². The molecule has 0 aromatic heterocycles. The van der Waals surface area contributed by atoms with Gasteiger partial charge in [-0.15, -0.1) is 0 Å². The number of hydrogen-bond donors (Lipinski definition) is 2. The number of alkyl halides is 2. The van der Waals surface area contributed by atoms with E-state index < -0.39 is 19.0 Å². The Morgan fingerprint density at radius 3 is 2.08 bits per heavy atom. The lowest BCUT2D eigenvalue weighted by atomic mass is 10.1. The fourth-order valence-electron chi connectivity index (χ4n) is 0.909. The van der Waals surface area contributed by atoms with Crippen molar-refractivity contribution in [1.82, 2.24) is 5.32 Å². The van der Waals surface area contributed by atoms with Gasteiger partial charge in [-0.05, 0) is 20.8 Å². The molecule has 80 valence electrons. The van der Waals surface area contributed by atoms with Crippen molar-refractivity contribution in [3.05, 3.63) is 0 Å². The normalized spacial score (nSPS) is 13.4. The average molecular weight is 195 g/mol. The summed E-state index contributed by atoms with van der Waals surface area (Å²) in [5, 5.41) is 11.3. The van der Waals surface area contributed by atoms with Crippen LogP contribution in [0, 0.1) is 0 Å². The summed E-state index contributed by atoms with van der Waals surface area (Å²) in [6.07, 6.45) is -0.663. The van der Waals surface area contributed by atoms with E-state index in [1.165, 1.54) is 0 Å². The minimum Gasteiger partial charge on any atom is -0.396 e. The molecule has 0 spiro atoms. The van der Waals surface area contributed by atoms with E-state index in [-0.39, 0.29) is 18.5 Å². The van der Waals surface area contributed by atoms with Crippen LogP contribution in [0.1, 0.15) is 33.6 Å². The smallest absolute Gasteiger partial charge is 0.251 e. The molecular weight excluding hydrogens is 176 g/mol. The predicted molar refractivity (Wildman–Crippen MR) is 49.0 cm³/mol. The molecule has 0 saturated heterocycles. The van der Waals surface area contributed by atoms with Crippen LogP contribution >= 0.6 is 0 Å². The van der Waals surface area contributed by atoms with Crippen LogP contribution in [0.5, 0.6) is 0 Å². The molecule has 0 aliphatic rings. The van der Waals surface area contributed by atoms with Gasteiger partial charge in [-0.3, -0.25) is 0 Å². The number of aliphatic hydroxyl groups is 1. The molecule has 0 fully saturated rings. The van der Waals surface area contributed by atoms with E-state index in [0.29, 0.717) is 0 Å². The van der Waals surface area contributed by atoms with Gasteiger partial charge in [0, 0.05) is 31.5 Å². The fraction of sp³-hybridized carbons (Fsp3) is 1.00. The minimum atomic E-state index is -2.74. The van der Waals surface area contributed by atoms with Gasteiger partial charge in [0.25, 0.3) is 5.92 Å². The topological polar surface area (TPSA) is 32.3 Å². The molecule has 0 aromatic carbocycles. The molecule has 0 radical (unpaired) electrons. The van der Waals surface area contributed by atoms with Gasteiger partial charge >= 0.3 is 0 Å². The molecule has 4 heteroatoms. The maximum atomic E-state index is 12.8. The molecule has 0 unspecified atom stereocenters. The minimum absolute atomic E-state index is 0.130. The van der Waals surface area contributed by atoms with Crippen molar-refractivity contribution in [2.45, 2.75) is 45.1 Å². The van der Waals surface area contributed by atoms with Crippen LogP contribution in [-0.2, 0) is 0 Å². The first-order valence-corrected chi connectivity index (χ1v) is 4.50. The average Bonchev–Trinajstić information content (AvgIpc) is 1.82. The van der Waals surface area contributed by atoms with Gasteiger partial charge < -0.3 is 10.4 Å². The Labute approximate surface area is 78.3 Å². The first kappa shape index (κ1) is 12.8. The quantitative estimate of drug-likeness (QED) is 0.701. The van der Waals surface area contributed by atoms with Crippen molar-refractivity contribution in [1.29, 1.82) is 0 Å². The Balaban J connectivity index is 3.63. The highest BCUT2D eigenvalue weighted by Crippen LogP contribution is 2.21. The van der Waals surface area contributed by atoms with Crippen molar-refractivity contribution in [2.75, 3.05) is 13.2 Å².